The van der Waals surface area contributed by atoms with Crippen LogP contribution in [0.3, 0.4) is 0 Å². The number of nitrogens with one attached hydrogen (secondary N) is 1. The summed E-state index contributed by atoms with van der Waals surface area (Å²) >= 11 is 1.91. The van der Waals surface area contributed by atoms with Crippen LogP contribution >= 0.6 is 11.3 Å². The largest absolute Gasteiger partial charge is 0.306 e. The lowest BCUT2D eigenvalue weighted by Gasteiger charge is -2.42. The molecule has 1 fully saturated rings. The average Bonchev–Trinajstić information content (AvgIpc) is 2.43. The Labute approximate surface area is 83.2 Å². The summed E-state index contributed by atoms with van der Waals surface area (Å²) in [6.45, 7) is 1.12. The van der Waals surface area contributed by atoms with Crippen LogP contribution in [0, 0.1) is 0 Å². The van der Waals surface area contributed by atoms with Gasteiger partial charge in [0.25, 0.3) is 0 Å². The third-order valence-corrected chi connectivity index (χ3v) is 4.61. The molecule has 2 heteroatoms. The van der Waals surface area contributed by atoms with Gasteiger partial charge >= 0.3 is 0 Å². The monoisotopic (exact) mass is 193 g/mol. The first-order chi connectivity index (χ1) is 6.38. The molecule has 1 N–H and O–H groups in total. The molecule has 0 radical (unpaired) electrons. The van der Waals surface area contributed by atoms with Gasteiger partial charge in [-0.25, -0.2) is 0 Å². The van der Waals surface area contributed by atoms with E-state index >= 15 is 0 Å². The Morgan fingerprint density at radius 3 is 3.00 bits per heavy atom. The molecule has 1 aromatic rings. The molecule has 0 amide bonds. The fourth-order valence-electron chi connectivity index (χ4n) is 2.51. The summed E-state index contributed by atoms with van der Waals surface area (Å²) in [7, 11) is 0. The van der Waals surface area contributed by atoms with Gasteiger partial charge in [0, 0.05) is 17.0 Å². The second kappa shape index (κ2) is 2.82. The third-order valence-electron chi connectivity index (χ3n) is 3.65. The molecule has 0 saturated heterocycles. The highest BCUT2D eigenvalue weighted by Crippen LogP contribution is 2.38. The van der Waals surface area contributed by atoms with Crippen LogP contribution in [0.4, 0.5) is 0 Å². The van der Waals surface area contributed by atoms with E-state index in [1.807, 2.05) is 11.3 Å². The van der Waals surface area contributed by atoms with Crippen molar-refractivity contribution < 1.29 is 0 Å². The Kier molecular flexibility index (Phi) is 1.74. The van der Waals surface area contributed by atoms with Crippen LogP contribution in [0.2, 0.25) is 0 Å². The van der Waals surface area contributed by atoms with Crippen LogP contribution in [0.15, 0.2) is 11.4 Å². The lowest BCUT2D eigenvalue weighted by molar-refractivity contribution is 0.174. The van der Waals surface area contributed by atoms with Crippen LogP contribution < -0.4 is 5.32 Å². The van der Waals surface area contributed by atoms with Gasteiger partial charge in [0.05, 0.1) is 0 Å². The Hall–Kier alpha value is -0.340. The molecule has 1 aromatic heterocycles. The molecule has 1 aliphatic carbocycles. The standard InChI is InChI=1S/C11H15NS/c1-4-11(5-1)6-2-9-3-7-13-10(9)8-12-11/h3,7,12H,1-2,4-6,8H2. The van der Waals surface area contributed by atoms with Crippen LogP contribution in [-0.4, -0.2) is 5.54 Å². The van der Waals surface area contributed by atoms with Gasteiger partial charge in [-0.05, 0) is 49.1 Å². The molecule has 70 valence electrons. The Morgan fingerprint density at radius 1 is 1.31 bits per heavy atom. The second-order valence-electron chi connectivity index (χ2n) is 4.36. The predicted octanol–water partition coefficient (Wildman–Crippen LogP) is 2.71. The SMILES string of the molecule is c1cc2c(s1)CNC1(CCC1)CC2. The highest BCUT2D eigenvalue weighted by Gasteiger charge is 2.37. The normalized spacial score (nSPS) is 24.9. The second-order valence-corrected chi connectivity index (χ2v) is 5.36. The quantitative estimate of drug-likeness (QED) is 0.668. The summed E-state index contributed by atoms with van der Waals surface area (Å²) in [5.74, 6) is 0. The molecule has 0 aromatic carbocycles. The van der Waals surface area contributed by atoms with Crippen molar-refractivity contribution in [3.05, 3.63) is 21.9 Å². The highest BCUT2D eigenvalue weighted by atomic mass is 32.1. The number of thiophene rings is 1. The fraction of sp³-hybridized carbons (Fsp3) is 0.636. The van der Waals surface area contributed by atoms with Crippen molar-refractivity contribution in [1.82, 2.24) is 5.32 Å². The number of hydrogen-bond acceptors (Lipinski definition) is 2. The van der Waals surface area contributed by atoms with Gasteiger partial charge in [0.15, 0.2) is 0 Å². The zero-order chi connectivity index (χ0) is 8.73. The number of aryl methyl sites for hydroxylation is 1. The van der Waals surface area contributed by atoms with E-state index in [9.17, 15) is 0 Å². The summed E-state index contributed by atoms with van der Waals surface area (Å²) in [6.07, 6.45) is 6.90. The van der Waals surface area contributed by atoms with Gasteiger partial charge in [-0.15, -0.1) is 11.3 Å². The van der Waals surface area contributed by atoms with Gasteiger partial charge in [0.1, 0.15) is 0 Å². The third kappa shape index (κ3) is 1.24. The first-order valence-corrected chi connectivity index (χ1v) is 6.06. The summed E-state index contributed by atoms with van der Waals surface area (Å²) in [6, 6.07) is 2.30. The molecule has 1 spiro atoms. The molecule has 1 nitrogen and oxygen atoms in total. The van der Waals surface area contributed by atoms with Crippen molar-refractivity contribution in [3.63, 3.8) is 0 Å². The molecule has 13 heavy (non-hydrogen) atoms. The van der Waals surface area contributed by atoms with Gasteiger partial charge < -0.3 is 5.32 Å². The predicted molar refractivity (Wildman–Crippen MR) is 56.1 cm³/mol. The summed E-state index contributed by atoms with van der Waals surface area (Å²) < 4.78 is 0. The van der Waals surface area contributed by atoms with E-state index in [2.05, 4.69) is 16.8 Å². The Balaban J connectivity index is 1.84. The fourth-order valence-corrected chi connectivity index (χ4v) is 3.38. The molecular formula is C11H15NS. The van der Waals surface area contributed by atoms with Gasteiger partial charge in [-0.2, -0.15) is 0 Å². The number of hydrogen-bond donors (Lipinski definition) is 1. The van der Waals surface area contributed by atoms with Gasteiger partial charge in [-0.1, -0.05) is 0 Å². The average molecular weight is 193 g/mol. The minimum Gasteiger partial charge on any atom is -0.306 e. The molecule has 0 atom stereocenters. The van der Waals surface area contributed by atoms with Crippen molar-refractivity contribution in [2.75, 3.05) is 0 Å². The molecule has 1 aliphatic heterocycles. The van der Waals surface area contributed by atoms with E-state index in [4.69, 9.17) is 0 Å². The Morgan fingerprint density at radius 2 is 2.23 bits per heavy atom. The summed E-state index contributed by atoms with van der Waals surface area (Å²) in [5, 5.41) is 5.97. The maximum absolute atomic E-state index is 3.75. The van der Waals surface area contributed by atoms with Crippen molar-refractivity contribution in [2.24, 2.45) is 0 Å². The van der Waals surface area contributed by atoms with Crippen LogP contribution in [-0.2, 0) is 13.0 Å². The lowest BCUT2D eigenvalue weighted by Crippen LogP contribution is -2.49. The zero-order valence-corrected chi connectivity index (χ0v) is 8.62. The molecule has 1 saturated carbocycles. The van der Waals surface area contributed by atoms with Crippen molar-refractivity contribution in [1.29, 1.82) is 0 Å². The topological polar surface area (TPSA) is 12.0 Å². The first-order valence-electron chi connectivity index (χ1n) is 5.18. The molecule has 2 aliphatic rings. The van der Waals surface area contributed by atoms with E-state index in [0.29, 0.717) is 5.54 Å². The van der Waals surface area contributed by atoms with Crippen LogP contribution in [0.1, 0.15) is 36.1 Å². The zero-order valence-electron chi connectivity index (χ0n) is 7.81. The van der Waals surface area contributed by atoms with Crippen molar-refractivity contribution in [2.45, 2.75) is 44.2 Å². The van der Waals surface area contributed by atoms with E-state index in [-0.39, 0.29) is 0 Å². The maximum atomic E-state index is 3.75. The molecule has 2 heterocycles. The van der Waals surface area contributed by atoms with E-state index < -0.39 is 0 Å². The number of rotatable bonds is 0. The first kappa shape index (κ1) is 8.01. The minimum atomic E-state index is 0.540. The molecule has 0 unspecified atom stereocenters. The highest BCUT2D eigenvalue weighted by molar-refractivity contribution is 7.10. The summed E-state index contributed by atoms with van der Waals surface area (Å²) in [4.78, 5) is 1.57. The van der Waals surface area contributed by atoms with Gasteiger partial charge in [-0.3, -0.25) is 0 Å². The van der Waals surface area contributed by atoms with E-state index in [1.54, 1.807) is 10.4 Å². The minimum absolute atomic E-state index is 0.540. The molecular weight excluding hydrogens is 178 g/mol. The van der Waals surface area contributed by atoms with E-state index in [0.717, 1.165) is 6.54 Å². The van der Waals surface area contributed by atoms with E-state index in [1.165, 1.54) is 32.1 Å². The summed E-state index contributed by atoms with van der Waals surface area (Å²) in [5.41, 5.74) is 2.14. The van der Waals surface area contributed by atoms with Crippen molar-refractivity contribution >= 4 is 11.3 Å². The molecule has 3 rings (SSSR count). The lowest BCUT2D eigenvalue weighted by atomic mass is 9.74. The van der Waals surface area contributed by atoms with Crippen LogP contribution in [0.5, 0.6) is 0 Å². The molecule has 0 bridgehead atoms. The van der Waals surface area contributed by atoms with Crippen LogP contribution in [0.25, 0.3) is 0 Å². The number of fused-ring (bicyclic) bond motifs is 1. The smallest absolute Gasteiger partial charge is 0.0307 e. The van der Waals surface area contributed by atoms with Crippen molar-refractivity contribution in [3.8, 4) is 0 Å². The van der Waals surface area contributed by atoms with Gasteiger partial charge in [0.2, 0.25) is 0 Å². The maximum Gasteiger partial charge on any atom is 0.0307 e. The Bertz CT molecular complexity index is 287.